The van der Waals surface area contributed by atoms with Gasteiger partial charge in [0.1, 0.15) is 6.04 Å². The monoisotopic (exact) mass is 261 g/mol. The summed E-state index contributed by atoms with van der Waals surface area (Å²) < 4.78 is 0. The van der Waals surface area contributed by atoms with E-state index in [1.165, 1.54) is 20.8 Å². The van der Waals surface area contributed by atoms with E-state index in [9.17, 15) is 19.5 Å². The van der Waals surface area contributed by atoms with E-state index in [1.54, 1.807) is 0 Å². The molecule has 4 atom stereocenters. The molecular formula is C10H19N3O5. The van der Waals surface area contributed by atoms with E-state index in [1.807, 2.05) is 0 Å². The average molecular weight is 261 g/mol. The van der Waals surface area contributed by atoms with Crippen molar-refractivity contribution in [3.8, 4) is 0 Å². The van der Waals surface area contributed by atoms with Crippen molar-refractivity contribution in [2.45, 2.75) is 45.0 Å². The number of amides is 2. The second-order valence-corrected chi connectivity index (χ2v) is 4.08. The van der Waals surface area contributed by atoms with Crippen molar-refractivity contribution in [2.75, 3.05) is 0 Å². The highest BCUT2D eigenvalue weighted by atomic mass is 16.4. The minimum Gasteiger partial charge on any atom is -0.480 e. The van der Waals surface area contributed by atoms with Crippen LogP contribution in [0, 0.1) is 0 Å². The lowest BCUT2D eigenvalue weighted by molar-refractivity contribution is -0.145. The summed E-state index contributed by atoms with van der Waals surface area (Å²) in [4.78, 5) is 33.6. The van der Waals surface area contributed by atoms with Crippen LogP contribution in [0.4, 0.5) is 0 Å². The first kappa shape index (κ1) is 16.3. The van der Waals surface area contributed by atoms with Gasteiger partial charge in [-0.1, -0.05) is 0 Å². The number of carbonyl (C=O) groups excluding carboxylic acids is 2. The minimum atomic E-state index is -1.42. The summed E-state index contributed by atoms with van der Waals surface area (Å²) >= 11 is 0. The third-order valence-corrected chi connectivity index (χ3v) is 2.21. The van der Waals surface area contributed by atoms with Crippen LogP contribution in [0.3, 0.4) is 0 Å². The third kappa shape index (κ3) is 5.11. The SMILES string of the molecule is CC(N)C(=O)NC(C)C(=O)NC(C(=O)O)C(C)O. The molecule has 0 rings (SSSR count). The molecule has 0 saturated carbocycles. The van der Waals surface area contributed by atoms with Crippen molar-refractivity contribution in [3.05, 3.63) is 0 Å². The van der Waals surface area contributed by atoms with Gasteiger partial charge in [-0.05, 0) is 20.8 Å². The van der Waals surface area contributed by atoms with Crippen LogP contribution < -0.4 is 16.4 Å². The van der Waals surface area contributed by atoms with Gasteiger partial charge >= 0.3 is 5.97 Å². The number of carbonyl (C=O) groups is 3. The molecule has 0 fully saturated rings. The number of hydrogen-bond donors (Lipinski definition) is 5. The lowest BCUT2D eigenvalue weighted by Gasteiger charge is -2.20. The average Bonchev–Trinajstić information content (AvgIpc) is 2.23. The predicted molar refractivity (Wildman–Crippen MR) is 62.5 cm³/mol. The normalized spacial score (nSPS) is 17.2. The summed E-state index contributed by atoms with van der Waals surface area (Å²) in [5, 5.41) is 22.4. The number of nitrogens with one attached hydrogen (secondary N) is 2. The van der Waals surface area contributed by atoms with Gasteiger partial charge in [-0.2, -0.15) is 0 Å². The minimum absolute atomic E-state index is 0.526. The first-order valence-corrected chi connectivity index (χ1v) is 5.44. The molecular weight excluding hydrogens is 242 g/mol. The summed E-state index contributed by atoms with van der Waals surface area (Å²) in [6, 6.07) is -3.14. The predicted octanol–water partition coefficient (Wildman–Crippen LogP) is -2.21. The number of aliphatic hydroxyl groups is 1. The van der Waals surface area contributed by atoms with E-state index < -0.39 is 42.0 Å². The molecule has 0 radical (unpaired) electrons. The van der Waals surface area contributed by atoms with Crippen LogP contribution in [0.2, 0.25) is 0 Å². The number of carboxylic acid groups (broad SMARTS) is 1. The highest BCUT2D eigenvalue weighted by molar-refractivity contribution is 5.91. The molecule has 0 aliphatic carbocycles. The smallest absolute Gasteiger partial charge is 0.328 e. The Morgan fingerprint density at radius 1 is 1.06 bits per heavy atom. The van der Waals surface area contributed by atoms with E-state index in [0.29, 0.717) is 0 Å². The fraction of sp³-hybridized carbons (Fsp3) is 0.700. The summed E-state index contributed by atoms with van der Waals surface area (Å²) in [6.07, 6.45) is -1.25. The Morgan fingerprint density at radius 2 is 1.56 bits per heavy atom. The van der Waals surface area contributed by atoms with Crippen molar-refractivity contribution in [2.24, 2.45) is 5.73 Å². The van der Waals surface area contributed by atoms with Crippen molar-refractivity contribution < 1.29 is 24.6 Å². The zero-order valence-electron chi connectivity index (χ0n) is 10.5. The van der Waals surface area contributed by atoms with Crippen molar-refractivity contribution >= 4 is 17.8 Å². The molecule has 8 heteroatoms. The van der Waals surface area contributed by atoms with Gasteiger partial charge in [0, 0.05) is 0 Å². The Balaban J connectivity index is 4.47. The van der Waals surface area contributed by atoms with E-state index in [4.69, 9.17) is 10.8 Å². The molecule has 104 valence electrons. The molecule has 0 aromatic heterocycles. The zero-order valence-corrected chi connectivity index (χ0v) is 10.5. The van der Waals surface area contributed by atoms with E-state index in [-0.39, 0.29) is 0 Å². The molecule has 0 aliphatic rings. The van der Waals surface area contributed by atoms with E-state index in [2.05, 4.69) is 10.6 Å². The molecule has 0 aromatic rings. The molecule has 0 bridgehead atoms. The Bertz CT molecular complexity index is 329. The first-order chi connectivity index (χ1) is 8.16. The number of aliphatic hydroxyl groups excluding tert-OH is 1. The fourth-order valence-electron chi connectivity index (χ4n) is 1.08. The second kappa shape index (κ2) is 6.92. The van der Waals surface area contributed by atoms with E-state index in [0.717, 1.165) is 0 Å². The lowest BCUT2D eigenvalue weighted by atomic mass is 10.1. The first-order valence-electron chi connectivity index (χ1n) is 5.44. The molecule has 0 aromatic carbocycles. The Kier molecular flexibility index (Phi) is 6.28. The van der Waals surface area contributed by atoms with Gasteiger partial charge in [-0.3, -0.25) is 9.59 Å². The molecule has 18 heavy (non-hydrogen) atoms. The maximum absolute atomic E-state index is 11.6. The highest BCUT2D eigenvalue weighted by Crippen LogP contribution is 1.95. The van der Waals surface area contributed by atoms with Crippen LogP contribution in [-0.2, 0) is 14.4 Å². The third-order valence-electron chi connectivity index (χ3n) is 2.21. The van der Waals surface area contributed by atoms with Gasteiger partial charge in [0.15, 0.2) is 6.04 Å². The highest BCUT2D eigenvalue weighted by Gasteiger charge is 2.27. The van der Waals surface area contributed by atoms with Gasteiger partial charge < -0.3 is 26.6 Å². The molecule has 8 nitrogen and oxygen atoms in total. The van der Waals surface area contributed by atoms with Crippen molar-refractivity contribution in [3.63, 3.8) is 0 Å². The summed E-state index contributed by atoms with van der Waals surface area (Å²) in [5.41, 5.74) is 5.30. The molecule has 6 N–H and O–H groups in total. The number of aliphatic carboxylic acids is 1. The van der Waals surface area contributed by atoms with Crippen LogP contribution in [0.15, 0.2) is 0 Å². The number of carboxylic acids is 1. The maximum atomic E-state index is 11.6. The fourth-order valence-corrected chi connectivity index (χ4v) is 1.08. The van der Waals surface area contributed by atoms with Gasteiger partial charge in [0.2, 0.25) is 11.8 Å². The van der Waals surface area contributed by atoms with Crippen molar-refractivity contribution in [1.29, 1.82) is 0 Å². The Morgan fingerprint density at radius 3 is 1.89 bits per heavy atom. The van der Waals surface area contributed by atoms with Gasteiger partial charge in [-0.15, -0.1) is 0 Å². The zero-order chi connectivity index (χ0) is 14.5. The maximum Gasteiger partial charge on any atom is 0.328 e. The van der Waals surface area contributed by atoms with Gasteiger partial charge in [-0.25, -0.2) is 4.79 Å². The van der Waals surface area contributed by atoms with Crippen LogP contribution >= 0.6 is 0 Å². The number of rotatable bonds is 6. The van der Waals surface area contributed by atoms with Crippen LogP contribution in [0.5, 0.6) is 0 Å². The Hall–Kier alpha value is -1.67. The van der Waals surface area contributed by atoms with Gasteiger partial charge in [0.25, 0.3) is 0 Å². The largest absolute Gasteiger partial charge is 0.480 e. The molecule has 0 aliphatic heterocycles. The Labute approximate surface area is 105 Å². The molecule has 0 saturated heterocycles. The summed E-state index contributed by atoms with van der Waals surface area (Å²) in [7, 11) is 0. The van der Waals surface area contributed by atoms with E-state index >= 15 is 0 Å². The standard InChI is InChI=1S/C10H19N3O5/c1-4(11)8(15)12-5(2)9(16)13-7(6(3)14)10(17)18/h4-7,14H,11H2,1-3H3,(H,12,15)(H,13,16)(H,17,18). The molecule has 0 heterocycles. The summed E-state index contributed by atoms with van der Waals surface area (Å²) in [5.74, 6) is -2.59. The quantitative estimate of drug-likeness (QED) is 0.367. The van der Waals surface area contributed by atoms with Crippen LogP contribution in [0.25, 0.3) is 0 Å². The number of nitrogens with two attached hydrogens (primary N) is 1. The molecule has 2 amide bonds. The summed E-state index contributed by atoms with van der Waals surface area (Å²) in [6.45, 7) is 4.08. The second-order valence-electron chi connectivity index (χ2n) is 4.08. The molecule has 4 unspecified atom stereocenters. The lowest BCUT2D eigenvalue weighted by Crippen LogP contribution is -2.55. The topological polar surface area (TPSA) is 142 Å². The number of hydrogen-bond acceptors (Lipinski definition) is 5. The van der Waals surface area contributed by atoms with Gasteiger partial charge in [0.05, 0.1) is 12.1 Å². The van der Waals surface area contributed by atoms with Crippen LogP contribution in [-0.4, -0.2) is 52.2 Å². The van der Waals surface area contributed by atoms with Crippen molar-refractivity contribution in [1.82, 2.24) is 10.6 Å². The van der Waals surface area contributed by atoms with Crippen LogP contribution in [0.1, 0.15) is 20.8 Å². The molecule has 0 spiro atoms.